The van der Waals surface area contributed by atoms with Crippen molar-refractivity contribution in [2.75, 3.05) is 5.75 Å². The summed E-state index contributed by atoms with van der Waals surface area (Å²) in [6, 6.07) is 5.17. The van der Waals surface area contributed by atoms with E-state index in [0.717, 1.165) is 6.07 Å². The third-order valence-corrected chi connectivity index (χ3v) is 3.65. The van der Waals surface area contributed by atoms with E-state index in [1.54, 1.807) is 0 Å². The Labute approximate surface area is 109 Å². The lowest BCUT2D eigenvalue weighted by molar-refractivity contribution is -0.139. The van der Waals surface area contributed by atoms with Crippen LogP contribution >= 0.6 is 11.8 Å². The highest BCUT2D eigenvalue weighted by Crippen LogP contribution is 2.36. The van der Waals surface area contributed by atoms with Crippen LogP contribution in [-0.2, 0) is 6.18 Å². The first-order valence-electron chi connectivity index (χ1n) is 5.59. The molecule has 0 heterocycles. The minimum Gasteiger partial charge on any atom is -0.388 e. The van der Waals surface area contributed by atoms with Crippen LogP contribution in [0.4, 0.5) is 13.2 Å². The van der Waals surface area contributed by atoms with Crippen molar-refractivity contribution >= 4 is 11.8 Å². The number of hydrogen-bond donors (Lipinski definition) is 1. The number of benzene rings is 1. The lowest BCUT2D eigenvalue weighted by Gasteiger charge is -2.22. The molecule has 0 bridgehead atoms. The molecule has 1 aromatic rings. The van der Waals surface area contributed by atoms with E-state index < -0.39 is 17.8 Å². The molecule has 1 aromatic carbocycles. The van der Waals surface area contributed by atoms with E-state index >= 15 is 0 Å². The molecule has 5 heteroatoms. The fraction of sp³-hybridized carbons (Fsp3) is 0.538. The van der Waals surface area contributed by atoms with Gasteiger partial charge in [-0.15, -0.1) is 0 Å². The van der Waals surface area contributed by atoms with Crippen molar-refractivity contribution in [2.24, 2.45) is 0 Å². The highest BCUT2D eigenvalue weighted by atomic mass is 32.2. The van der Waals surface area contributed by atoms with Gasteiger partial charge in [0.2, 0.25) is 0 Å². The molecule has 1 unspecified atom stereocenters. The number of aliphatic hydroxyl groups is 1. The van der Waals surface area contributed by atoms with Gasteiger partial charge in [-0.25, -0.2) is 0 Å². The molecule has 0 aromatic heterocycles. The van der Waals surface area contributed by atoms with E-state index in [1.807, 2.05) is 20.8 Å². The second kappa shape index (κ2) is 5.53. The van der Waals surface area contributed by atoms with Crippen LogP contribution in [0.2, 0.25) is 0 Å². The van der Waals surface area contributed by atoms with Gasteiger partial charge in [0.1, 0.15) is 0 Å². The van der Waals surface area contributed by atoms with Crippen LogP contribution in [-0.4, -0.2) is 15.6 Å². The molecule has 1 nitrogen and oxygen atoms in total. The normalized spacial score (nSPS) is 14.6. The van der Waals surface area contributed by atoms with Crippen LogP contribution in [0.5, 0.6) is 0 Å². The number of thioether (sulfide) groups is 1. The van der Waals surface area contributed by atoms with Crippen LogP contribution in [0.3, 0.4) is 0 Å². The van der Waals surface area contributed by atoms with Gasteiger partial charge in [0.05, 0.1) is 11.7 Å². The van der Waals surface area contributed by atoms with Crippen molar-refractivity contribution in [2.45, 2.75) is 37.8 Å². The predicted octanol–water partition coefficient (Wildman–Crippen LogP) is 4.27. The highest BCUT2D eigenvalue weighted by molar-refractivity contribution is 8.00. The first-order chi connectivity index (χ1) is 8.11. The molecule has 0 aliphatic carbocycles. The van der Waals surface area contributed by atoms with Gasteiger partial charge in [-0.05, 0) is 11.6 Å². The van der Waals surface area contributed by atoms with Crippen LogP contribution in [0.25, 0.3) is 0 Å². The molecule has 102 valence electrons. The summed E-state index contributed by atoms with van der Waals surface area (Å²) in [5.74, 6) is 0.247. The summed E-state index contributed by atoms with van der Waals surface area (Å²) >= 11 is 1.44. The van der Waals surface area contributed by atoms with Crippen molar-refractivity contribution in [1.82, 2.24) is 0 Å². The van der Waals surface area contributed by atoms with Gasteiger partial charge in [0.25, 0.3) is 0 Å². The molecule has 1 rings (SSSR count). The minimum absolute atomic E-state index is 0.0539. The Morgan fingerprint density at radius 1 is 1.17 bits per heavy atom. The van der Waals surface area contributed by atoms with E-state index in [-0.39, 0.29) is 16.1 Å². The molecule has 0 aliphatic heterocycles. The number of alkyl halides is 3. The molecule has 18 heavy (non-hydrogen) atoms. The number of hydrogen-bond acceptors (Lipinski definition) is 2. The molecular weight excluding hydrogens is 261 g/mol. The third-order valence-electron chi connectivity index (χ3n) is 2.30. The third kappa shape index (κ3) is 4.53. The molecule has 0 amide bonds. The zero-order valence-corrected chi connectivity index (χ0v) is 11.4. The summed E-state index contributed by atoms with van der Waals surface area (Å²) in [7, 11) is 0. The summed E-state index contributed by atoms with van der Waals surface area (Å²) < 4.78 is 38.2. The molecule has 0 fully saturated rings. The van der Waals surface area contributed by atoms with Gasteiger partial charge < -0.3 is 5.11 Å². The van der Waals surface area contributed by atoms with Crippen LogP contribution in [0.15, 0.2) is 24.3 Å². The van der Waals surface area contributed by atoms with E-state index in [1.165, 1.54) is 30.0 Å². The standard InChI is InChI=1S/C13H17F3OS/c1-12(2,3)18-8-11(17)9-6-4-5-7-10(9)13(14,15)16/h4-7,11,17H,8H2,1-3H3. The smallest absolute Gasteiger partial charge is 0.388 e. The Morgan fingerprint density at radius 2 is 1.72 bits per heavy atom. The van der Waals surface area contributed by atoms with Crippen molar-refractivity contribution in [3.8, 4) is 0 Å². The first kappa shape index (κ1) is 15.4. The van der Waals surface area contributed by atoms with Crippen molar-refractivity contribution in [3.05, 3.63) is 35.4 Å². The first-order valence-corrected chi connectivity index (χ1v) is 6.58. The van der Waals surface area contributed by atoms with Gasteiger partial charge in [-0.2, -0.15) is 24.9 Å². The van der Waals surface area contributed by atoms with Gasteiger partial charge >= 0.3 is 6.18 Å². The van der Waals surface area contributed by atoms with Gasteiger partial charge in [-0.1, -0.05) is 39.0 Å². The molecule has 0 spiro atoms. The summed E-state index contributed by atoms with van der Waals surface area (Å²) in [6.45, 7) is 5.88. The number of halogens is 3. The Balaban J connectivity index is 2.89. The quantitative estimate of drug-likeness (QED) is 0.891. The SMILES string of the molecule is CC(C)(C)SCC(O)c1ccccc1C(F)(F)F. The molecule has 0 aliphatic rings. The fourth-order valence-electron chi connectivity index (χ4n) is 1.46. The molecular formula is C13H17F3OS. The Hall–Kier alpha value is -0.680. The average molecular weight is 278 g/mol. The minimum atomic E-state index is -4.43. The van der Waals surface area contributed by atoms with Crippen molar-refractivity contribution in [3.63, 3.8) is 0 Å². The van der Waals surface area contributed by atoms with Crippen molar-refractivity contribution < 1.29 is 18.3 Å². The Morgan fingerprint density at radius 3 is 2.22 bits per heavy atom. The average Bonchev–Trinajstić information content (AvgIpc) is 2.24. The van der Waals surface area contributed by atoms with Crippen molar-refractivity contribution in [1.29, 1.82) is 0 Å². The molecule has 0 radical (unpaired) electrons. The molecule has 1 atom stereocenters. The maximum atomic E-state index is 12.8. The second-order valence-electron chi connectivity index (χ2n) is 5.02. The largest absolute Gasteiger partial charge is 0.416 e. The number of aliphatic hydroxyl groups excluding tert-OH is 1. The predicted molar refractivity (Wildman–Crippen MR) is 68.6 cm³/mol. The fourth-order valence-corrected chi connectivity index (χ4v) is 2.30. The maximum Gasteiger partial charge on any atom is 0.416 e. The topological polar surface area (TPSA) is 20.2 Å². The summed E-state index contributed by atoms with van der Waals surface area (Å²) in [5, 5.41) is 9.91. The second-order valence-corrected chi connectivity index (χ2v) is 6.87. The van der Waals surface area contributed by atoms with E-state index in [2.05, 4.69) is 0 Å². The lowest BCUT2D eigenvalue weighted by Crippen LogP contribution is -2.16. The lowest BCUT2D eigenvalue weighted by atomic mass is 10.0. The van der Waals surface area contributed by atoms with Crippen LogP contribution in [0.1, 0.15) is 38.0 Å². The molecule has 0 saturated heterocycles. The number of rotatable bonds is 3. The molecule has 1 N–H and O–H groups in total. The summed E-state index contributed by atoms with van der Waals surface area (Å²) in [6.07, 6.45) is -5.53. The Bertz CT molecular complexity index is 396. The van der Waals surface area contributed by atoms with E-state index in [0.29, 0.717) is 0 Å². The molecule has 0 saturated carbocycles. The Kier molecular flexibility index (Phi) is 4.72. The monoisotopic (exact) mass is 278 g/mol. The maximum absolute atomic E-state index is 12.8. The van der Waals surface area contributed by atoms with Gasteiger partial charge in [0, 0.05) is 10.5 Å². The van der Waals surface area contributed by atoms with E-state index in [9.17, 15) is 18.3 Å². The highest BCUT2D eigenvalue weighted by Gasteiger charge is 2.34. The van der Waals surface area contributed by atoms with Crippen LogP contribution in [0, 0.1) is 0 Å². The van der Waals surface area contributed by atoms with Gasteiger partial charge in [-0.3, -0.25) is 0 Å². The van der Waals surface area contributed by atoms with Gasteiger partial charge in [0.15, 0.2) is 0 Å². The zero-order valence-electron chi connectivity index (χ0n) is 10.6. The van der Waals surface area contributed by atoms with E-state index in [4.69, 9.17) is 0 Å². The summed E-state index contributed by atoms with van der Waals surface area (Å²) in [5.41, 5.74) is -0.811. The zero-order chi connectivity index (χ0) is 14.0. The van der Waals surface area contributed by atoms with Crippen LogP contribution < -0.4 is 0 Å². The summed E-state index contributed by atoms with van der Waals surface area (Å²) in [4.78, 5) is 0.